The molecule has 1 aromatic carbocycles. The molecule has 2 rings (SSSR count). The third-order valence-corrected chi connectivity index (χ3v) is 4.14. The van der Waals surface area contributed by atoms with Gasteiger partial charge < -0.3 is 20.3 Å². The van der Waals surface area contributed by atoms with E-state index in [4.69, 9.17) is 4.74 Å². The molecule has 0 bridgehead atoms. The van der Waals surface area contributed by atoms with Crippen LogP contribution in [0.3, 0.4) is 0 Å². The largest absolute Gasteiger partial charge is 0.497 e. The number of carbonyl (C=O) groups excluding carboxylic acids is 2. The monoisotopic (exact) mass is 320 g/mol. The summed E-state index contributed by atoms with van der Waals surface area (Å²) in [4.78, 5) is 24.9. The van der Waals surface area contributed by atoms with Gasteiger partial charge in [-0.2, -0.15) is 0 Å². The number of hydrogen-bond acceptors (Lipinski definition) is 3. The summed E-state index contributed by atoms with van der Waals surface area (Å²) in [6.45, 7) is 2.62. The molecule has 0 aliphatic heterocycles. The molecule has 0 radical (unpaired) electrons. The van der Waals surface area contributed by atoms with E-state index in [0.29, 0.717) is 19.1 Å². The van der Waals surface area contributed by atoms with Crippen molar-refractivity contribution in [3.8, 4) is 5.75 Å². The topological polar surface area (TPSA) is 71.9 Å². The van der Waals surface area contributed by atoms with Crippen LogP contribution in [0.25, 0.3) is 0 Å². The van der Waals surface area contributed by atoms with Gasteiger partial charge in [0.1, 0.15) is 5.75 Å². The minimum Gasteiger partial charge on any atom is -0.497 e. The first-order valence-electron chi connectivity index (χ1n) is 8.02. The molecule has 126 valence electrons. The highest BCUT2D eigenvalue weighted by Crippen LogP contribution is 2.18. The second-order valence-corrected chi connectivity index (χ2v) is 6.15. The minimum atomic E-state index is -0.279. The van der Waals surface area contributed by atoms with Gasteiger partial charge in [0.15, 0.2) is 12.6 Å². The van der Waals surface area contributed by atoms with Crippen molar-refractivity contribution >= 4 is 11.8 Å². The Morgan fingerprint density at radius 1 is 1.30 bits per heavy atom. The number of ether oxygens (including phenoxy) is 1. The smallest absolute Gasteiger partial charge is 0.278 e. The van der Waals surface area contributed by atoms with Gasteiger partial charge in [0.25, 0.3) is 11.8 Å². The van der Waals surface area contributed by atoms with E-state index < -0.39 is 0 Å². The van der Waals surface area contributed by atoms with Crippen molar-refractivity contribution in [3.05, 3.63) is 29.8 Å². The molecule has 0 heterocycles. The first-order chi connectivity index (χ1) is 11.0. The Hall–Kier alpha value is -2.08. The van der Waals surface area contributed by atoms with E-state index in [1.807, 2.05) is 38.2 Å². The van der Waals surface area contributed by atoms with Gasteiger partial charge in [0, 0.05) is 12.6 Å². The number of carbonyl (C=O) groups is 2. The minimum absolute atomic E-state index is 0.0137. The number of hydrogen-bond donors (Lipinski definition) is 3. The lowest BCUT2D eigenvalue weighted by atomic mass is 10.2. The van der Waals surface area contributed by atoms with Crippen LogP contribution in [0, 0.1) is 0 Å². The number of methoxy groups -OCH3 is 1. The van der Waals surface area contributed by atoms with Crippen LogP contribution in [0.1, 0.15) is 25.3 Å². The molecule has 1 unspecified atom stereocenters. The van der Waals surface area contributed by atoms with Crippen LogP contribution >= 0.6 is 0 Å². The molecule has 23 heavy (non-hydrogen) atoms. The van der Waals surface area contributed by atoms with Crippen LogP contribution in [0.2, 0.25) is 0 Å². The highest BCUT2D eigenvalue weighted by Gasteiger charge is 2.27. The summed E-state index contributed by atoms with van der Waals surface area (Å²) in [7, 11) is 3.49. The molecule has 0 spiro atoms. The number of rotatable bonds is 8. The molecular weight excluding hydrogens is 294 g/mol. The fraction of sp³-hybridized carbons (Fsp3) is 0.529. The van der Waals surface area contributed by atoms with Crippen LogP contribution < -0.4 is 20.3 Å². The lowest BCUT2D eigenvalue weighted by Crippen LogP contribution is -3.15. The van der Waals surface area contributed by atoms with Gasteiger partial charge in [-0.15, -0.1) is 0 Å². The summed E-state index contributed by atoms with van der Waals surface area (Å²) < 4.78 is 5.10. The Labute approximate surface area is 137 Å². The second-order valence-electron chi connectivity index (χ2n) is 6.15. The summed E-state index contributed by atoms with van der Waals surface area (Å²) in [5, 5.41) is 5.86. The normalized spacial score (nSPS) is 16.3. The first-order valence-corrected chi connectivity index (χ1v) is 8.02. The summed E-state index contributed by atoms with van der Waals surface area (Å²) in [5.41, 5.74) is 1.01. The lowest BCUT2D eigenvalue weighted by molar-refractivity contribution is -0.886. The van der Waals surface area contributed by atoms with Crippen molar-refractivity contribution < 1.29 is 19.2 Å². The van der Waals surface area contributed by atoms with Crippen LogP contribution in [0.5, 0.6) is 5.75 Å². The van der Waals surface area contributed by atoms with E-state index in [-0.39, 0.29) is 17.9 Å². The Morgan fingerprint density at radius 2 is 1.96 bits per heavy atom. The average Bonchev–Trinajstić information content (AvgIpc) is 3.35. The molecule has 1 aliphatic carbocycles. The first kappa shape index (κ1) is 17.3. The zero-order valence-corrected chi connectivity index (χ0v) is 14.0. The Bertz CT molecular complexity index is 541. The van der Waals surface area contributed by atoms with E-state index in [9.17, 15) is 9.59 Å². The quantitative estimate of drug-likeness (QED) is 0.604. The number of likely N-dealkylation sites (N-methyl/N-ethyl adjacent to an activating group) is 1. The van der Waals surface area contributed by atoms with Gasteiger partial charge in [-0.3, -0.25) is 9.59 Å². The van der Waals surface area contributed by atoms with Crippen LogP contribution in [-0.2, 0) is 16.1 Å². The SMILES string of the molecule is COc1ccc(CNC(=O)[C@H](C)[NH+](C)CC(=O)NC2CC2)cc1. The van der Waals surface area contributed by atoms with Crippen molar-refractivity contribution in [2.24, 2.45) is 0 Å². The fourth-order valence-corrected chi connectivity index (χ4v) is 2.22. The van der Waals surface area contributed by atoms with Crippen LogP contribution in [0.4, 0.5) is 0 Å². The summed E-state index contributed by atoms with van der Waals surface area (Å²) in [5.74, 6) is 0.747. The molecule has 6 heteroatoms. The molecule has 1 aromatic rings. The van der Waals surface area contributed by atoms with Crippen LogP contribution in [-0.4, -0.2) is 44.6 Å². The highest BCUT2D eigenvalue weighted by atomic mass is 16.5. The van der Waals surface area contributed by atoms with Crippen molar-refractivity contribution in [2.45, 2.75) is 38.4 Å². The zero-order valence-electron chi connectivity index (χ0n) is 14.0. The van der Waals surface area contributed by atoms with Crippen molar-refractivity contribution in [1.82, 2.24) is 10.6 Å². The standard InChI is InChI=1S/C17H25N3O3/c1-12(20(2)11-16(21)19-14-6-7-14)17(22)18-10-13-4-8-15(23-3)9-5-13/h4-5,8-9,12,14H,6-7,10-11H2,1-3H3,(H,18,22)(H,19,21)/p+1/t12-/m0/s1. The third-order valence-electron chi connectivity index (χ3n) is 4.14. The molecule has 2 atom stereocenters. The molecule has 3 N–H and O–H groups in total. The van der Waals surface area contributed by atoms with Crippen molar-refractivity contribution in [2.75, 3.05) is 20.7 Å². The fourth-order valence-electron chi connectivity index (χ4n) is 2.22. The molecule has 2 amide bonds. The molecular formula is C17H26N3O3+. The van der Waals surface area contributed by atoms with E-state index in [1.54, 1.807) is 7.11 Å². The molecule has 0 saturated heterocycles. The third kappa shape index (κ3) is 5.56. The second kappa shape index (κ2) is 7.97. The maximum Gasteiger partial charge on any atom is 0.278 e. The number of amides is 2. The van der Waals surface area contributed by atoms with Gasteiger partial charge in [0.05, 0.1) is 14.2 Å². The van der Waals surface area contributed by atoms with Crippen molar-refractivity contribution in [1.29, 1.82) is 0 Å². The predicted molar refractivity (Wildman–Crippen MR) is 87.2 cm³/mol. The van der Waals surface area contributed by atoms with Crippen LogP contribution in [0.15, 0.2) is 24.3 Å². The number of quaternary nitrogens is 1. The summed E-state index contributed by atoms with van der Waals surface area (Å²) >= 11 is 0. The molecule has 6 nitrogen and oxygen atoms in total. The Morgan fingerprint density at radius 3 is 2.52 bits per heavy atom. The maximum atomic E-state index is 12.2. The zero-order chi connectivity index (χ0) is 16.8. The van der Waals surface area contributed by atoms with Gasteiger partial charge >= 0.3 is 0 Å². The van der Waals surface area contributed by atoms with E-state index >= 15 is 0 Å². The summed E-state index contributed by atoms with van der Waals surface area (Å²) in [6.07, 6.45) is 2.14. The maximum absolute atomic E-state index is 12.2. The Balaban J connectivity index is 1.75. The number of benzene rings is 1. The van der Waals surface area contributed by atoms with Gasteiger partial charge in [0.2, 0.25) is 0 Å². The van der Waals surface area contributed by atoms with E-state index in [1.165, 1.54) is 0 Å². The molecule has 0 aromatic heterocycles. The number of nitrogens with one attached hydrogen (secondary N) is 3. The van der Waals surface area contributed by atoms with Gasteiger partial charge in [-0.1, -0.05) is 12.1 Å². The Kier molecular flexibility index (Phi) is 5.98. The lowest BCUT2D eigenvalue weighted by Gasteiger charge is -2.20. The van der Waals surface area contributed by atoms with E-state index in [2.05, 4.69) is 10.6 Å². The molecule has 1 saturated carbocycles. The van der Waals surface area contributed by atoms with Crippen molar-refractivity contribution in [3.63, 3.8) is 0 Å². The van der Waals surface area contributed by atoms with E-state index in [0.717, 1.165) is 29.1 Å². The average molecular weight is 320 g/mol. The highest BCUT2D eigenvalue weighted by molar-refractivity contribution is 5.81. The van der Waals surface area contributed by atoms with Gasteiger partial charge in [-0.05, 0) is 37.5 Å². The molecule has 1 aliphatic rings. The predicted octanol–water partition coefficient (Wildman–Crippen LogP) is -0.507. The summed E-state index contributed by atoms with van der Waals surface area (Å²) in [6, 6.07) is 7.65. The van der Waals surface area contributed by atoms with Gasteiger partial charge in [-0.25, -0.2) is 0 Å². The molecule has 1 fully saturated rings.